The summed E-state index contributed by atoms with van der Waals surface area (Å²) in [4.78, 5) is 25.7. The van der Waals surface area contributed by atoms with Crippen molar-refractivity contribution in [1.82, 2.24) is 10.2 Å². The Kier molecular flexibility index (Phi) is 3.10. The normalized spacial score (nSPS) is 41.5. The molecule has 6 heteroatoms. The lowest BCUT2D eigenvalue weighted by molar-refractivity contribution is -0.142. The second-order valence-electron chi connectivity index (χ2n) is 6.90. The molecule has 0 aromatic heterocycles. The molecule has 3 aliphatic heterocycles. The van der Waals surface area contributed by atoms with Crippen LogP contribution in [-0.2, 0) is 9.53 Å². The van der Waals surface area contributed by atoms with E-state index < -0.39 is 5.97 Å². The smallest absolute Gasteiger partial charge is 0.318 e. The van der Waals surface area contributed by atoms with E-state index in [2.05, 4.69) is 5.32 Å². The Morgan fingerprint density at radius 2 is 1.95 bits per heavy atom. The predicted molar refractivity (Wildman–Crippen MR) is 73.8 cm³/mol. The van der Waals surface area contributed by atoms with Crippen LogP contribution in [0.3, 0.4) is 0 Å². The maximum atomic E-state index is 12.6. The minimum atomic E-state index is -0.764. The Morgan fingerprint density at radius 3 is 2.62 bits per heavy atom. The van der Waals surface area contributed by atoms with Crippen LogP contribution in [0.25, 0.3) is 0 Å². The quantitative estimate of drug-likeness (QED) is 0.820. The van der Waals surface area contributed by atoms with Gasteiger partial charge in [0.1, 0.15) is 0 Å². The lowest BCUT2D eigenvalue weighted by Crippen LogP contribution is -2.50. The first-order chi connectivity index (χ1) is 10.1. The monoisotopic (exact) mass is 294 g/mol. The molecular formula is C15H22N2O4. The van der Waals surface area contributed by atoms with Gasteiger partial charge in [0.25, 0.3) is 0 Å². The molecule has 1 saturated carbocycles. The molecular weight excluding hydrogens is 272 g/mol. The van der Waals surface area contributed by atoms with Crippen molar-refractivity contribution in [2.24, 2.45) is 11.8 Å². The number of ether oxygens (including phenoxy) is 1. The summed E-state index contributed by atoms with van der Waals surface area (Å²) in [5.74, 6) is -0.534. The number of fused-ring (bicyclic) bond motifs is 2. The number of carboxylic acids is 1. The van der Waals surface area contributed by atoms with Crippen LogP contribution < -0.4 is 5.32 Å². The van der Waals surface area contributed by atoms with Crippen molar-refractivity contribution < 1.29 is 19.4 Å². The Labute approximate surface area is 123 Å². The third-order valence-corrected chi connectivity index (χ3v) is 5.62. The molecule has 0 aromatic carbocycles. The first kappa shape index (κ1) is 13.4. The topological polar surface area (TPSA) is 78.9 Å². The van der Waals surface area contributed by atoms with Crippen LogP contribution in [-0.4, -0.2) is 52.8 Å². The van der Waals surface area contributed by atoms with Gasteiger partial charge < -0.3 is 20.1 Å². The fourth-order valence-corrected chi connectivity index (χ4v) is 4.46. The molecule has 0 radical (unpaired) electrons. The van der Waals surface area contributed by atoms with Crippen LogP contribution in [0, 0.1) is 11.8 Å². The molecule has 1 aliphatic carbocycles. The lowest BCUT2D eigenvalue weighted by Gasteiger charge is -2.27. The maximum Gasteiger partial charge on any atom is 0.318 e. The van der Waals surface area contributed by atoms with E-state index in [-0.39, 0.29) is 36.2 Å². The number of carbonyl (C=O) groups excluding carboxylic acids is 1. The van der Waals surface area contributed by atoms with Gasteiger partial charge in [0, 0.05) is 18.7 Å². The van der Waals surface area contributed by atoms with Crippen LogP contribution in [0.15, 0.2) is 0 Å². The molecule has 116 valence electrons. The summed E-state index contributed by atoms with van der Waals surface area (Å²) in [6.45, 7) is 0.719. The van der Waals surface area contributed by atoms with Crippen LogP contribution >= 0.6 is 0 Å². The van der Waals surface area contributed by atoms with Gasteiger partial charge in [-0.05, 0) is 44.4 Å². The number of rotatable bonds is 3. The van der Waals surface area contributed by atoms with Crippen molar-refractivity contribution in [3.63, 3.8) is 0 Å². The highest BCUT2D eigenvalue weighted by Gasteiger charge is 2.52. The fraction of sp³-hybridized carbons (Fsp3) is 0.867. The number of urea groups is 1. The predicted octanol–water partition coefficient (Wildman–Crippen LogP) is 1.20. The molecule has 5 unspecified atom stereocenters. The largest absolute Gasteiger partial charge is 0.481 e. The van der Waals surface area contributed by atoms with Gasteiger partial charge in [0.2, 0.25) is 0 Å². The van der Waals surface area contributed by atoms with Crippen LogP contribution in [0.5, 0.6) is 0 Å². The second kappa shape index (κ2) is 4.87. The summed E-state index contributed by atoms with van der Waals surface area (Å²) in [7, 11) is 0. The van der Waals surface area contributed by atoms with Gasteiger partial charge in [0.05, 0.1) is 18.1 Å². The van der Waals surface area contributed by atoms with E-state index in [1.807, 2.05) is 0 Å². The Morgan fingerprint density at radius 1 is 1.14 bits per heavy atom. The van der Waals surface area contributed by atoms with E-state index in [0.29, 0.717) is 12.3 Å². The minimum Gasteiger partial charge on any atom is -0.481 e. The molecule has 2 bridgehead atoms. The van der Waals surface area contributed by atoms with E-state index in [1.54, 1.807) is 4.90 Å². The Hall–Kier alpha value is -1.30. The lowest BCUT2D eigenvalue weighted by atomic mass is 9.89. The van der Waals surface area contributed by atoms with Crippen molar-refractivity contribution >= 4 is 12.0 Å². The summed E-state index contributed by atoms with van der Waals surface area (Å²) in [6.07, 6.45) is 5.82. The molecule has 0 spiro atoms. The van der Waals surface area contributed by atoms with E-state index in [1.165, 1.54) is 12.8 Å². The average Bonchev–Trinajstić information content (AvgIpc) is 2.93. The van der Waals surface area contributed by atoms with Crippen molar-refractivity contribution in [1.29, 1.82) is 0 Å². The van der Waals surface area contributed by atoms with Crippen molar-refractivity contribution in [2.75, 3.05) is 6.61 Å². The highest BCUT2D eigenvalue weighted by atomic mass is 16.5. The summed E-state index contributed by atoms with van der Waals surface area (Å²) >= 11 is 0. The molecule has 3 saturated heterocycles. The number of aliphatic carboxylic acids is 1. The minimum absolute atomic E-state index is 0.0765. The molecule has 2 amide bonds. The van der Waals surface area contributed by atoms with Crippen molar-refractivity contribution in [3.8, 4) is 0 Å². The zero-order valence-corrected chi connectivity index (χ0v) is 12.0. The van der Waals surface area contributed by atoms with Crippen molar-refractivity contribution in [2.45, 2.75) is 62.8 Å². The van der Waals surface area contributed by atoms with Crippen LogP contribution in [0.2, 0.25) is 0 Å². The molecule has 2 N–H and O–H groups in total. The fourth-order valence-electron chi connectivity index (χ4n) is 4.46. The molecule has 4 aliphatic rings. The molecule has 21 heavy (non-hydrogen) atoms. The standard InChI is InChI=1S/C15H22N2O4/c18-14(19)10-7-9-3-4-12(10)17(9)15(20)16-11-5-6-21-13(11)8-1-2-8/h8-13H,1-7H2,(H,16,20)(H,18,19). The first-order valence-corrected chi connectivity index (χ1v) is 8.08. The maximum absolute atomic E-state index is 12.6. The van der Waals surface area contributed by atoms with Gasteiger partial charge in [-0.3, -0.25) is 4.79 Å². The molecule has 4 fully saturated rings. The van der Waals surface area contributed by atoms with Crippen molar-refractivity contribution in [3.05, 3.63) is 0 Å². The van der Waals surface area contributed by atoms with Gasteiger partial charge in [-0.1, -0.05) is 0 Å². The second-order valence-corrected chi connectivity index (χ2v) is 6.90. The highest BCUT2D eigenvalue weighted by Crippen LogP contribution is 2.42. The van der Waals surface area contributed by atoms with E-state index in [9.17, 15) is 14.7 Å². The van der Waals surface area contributed by atoms with Crippen LogP contribution in [0.4, 0.5) is 4.79 Å². The molecule has 0 aromatic rings. The van der Waals surface area contributed by atoms with E-state index >= 15 is 0 Å². The Bertz CT molecular complexity index is 465. The zero-order valence-electron chi connectivity index (χ0n) is 12.0. The zero-order chi connectivity index (χ0) is 14.6. The number of hydrogen-bond acceptors (Lipinski definition) is 3. The number of carboxylic acid groups (broad SMARTS) is 1. The van der Waals surface area contributed by atoms with Gasteiger partial charge >= 0.3 is 12.0 Å². The number of nitrogens with zero attached hydrogens (tertiary/aromatic N) is 1. The Balaban J connectivity index is 1.42. The SMILES string of the molecule is O=C(O)C1CC2CCC1N2C(=O)NC1CCOC1C1CC1. The van der Waals surface area contributed by atoms with Gasteiger partial charge in [0.15, 0.2) is 0 Å². The molecule has 6 nitrogen and oxygen atoms in total. The molecule has 3 heterocycles. The van der Waals surface area contributed by atoms with E-state index in [0.717, 1.165) is 25.9 Å². The summed E-state index contributed by atoms with van der Waals surface area (Å²) < 4.78 is 5.75. The highest BCUT2D eigenvalue weighted by molar-refractivity contribution is 5.79. The number of hydrogen-bond donors (Lipinski definition) is 2. The number of amides is 2. The molecule has 5 atom stereocenters. The first-order valence-electron chi connectivity index (χ1n) is 8.08. The average molecular weight is 294 g/mol. The van der Waals surface area contributed by atoms with Gasteiger partial charge in [-0.25, -0.2) is 4.79 Å². The van der Waals surface area contributed by atoms with Gasteiger partial charge in [-0.15, -0.1) is 0 Å². The van der Waals surface area contributed by atoms with Gasteiger partial charge in [-0.2, -0.15) is 0 Å². The number of carbonyl (C=O) groups is 2. The summed E-state index contributed by atoms with van der Waals surface area (Å²) in [5, 5.41) is 12.4. The third-order valence-electron chi connectivity index (χ3n) is 5.62. The summed E-state index contributed by atoms with van der Waals surface area (Å²) in [5.41, 5.74) is 0. The van der Waals surface area contributed by atoms with E-state index in [4.69, 9.17) is 4.74 Å². The third kappa shape index (κ3) is 2.20. The number of nitrogens with one attached hydrogen (secondary N) is 1. The van der Waals surface area contributed by atoms with Crippen LogP contribution in [0.1, 0.15) is 38.5 Å². The molecule has 4 rings (SSSR count). The summed E-state index contributed by atoms with van der Waals surface area (Å²) in [6, 6.07) is 0.0210.